The maximum Gasteiger partial charge on any atom is 0.255 e. The van der Waals surface area contributed by atoms with E-state index >= 15 is 0 Å². The summed E-state index contributed by atoms with van der Waals surface area (Å²) in [6, 6.07) is 21.1. The summed E-state index contributed by atoms with van der Waals surface area (Å²) in [7, 11) is -3.59. The fourth-order valence-electron chi connectivity index (χ4n) is 3.02. The number of sulfonamides is 1. The van der Waals surface area contributed by atoms with Gasteiger partial charge >= 0.3 is 0 Å². The number of benzene rings is 3. The van der Waals surface area contributed by atoms with Gasteiger partial charge in [-0.05, 0) is 77.3 Å². The van der Waals surface area contributed by atoms with Crippen LogP contribution in [-0.4, -0.2) is 27.0 Å². The molecule has 1 unspecified atom stereocenters. The van der Waals surface area contributed by atoms with Crippen LogP contribution >= 0.6 is 15.9 Å². The van der Waals surface area contributed by atoms with Gasteiger partial charge in [0, 0.05) is 23.7 Å². The molecule has 0 aliphatic carbocycles. The second kappa shape index (κ2) is 11.4. The molecule has 3 rings (SSSR count). The first-order valence-corrected chi connectivity index (χ1v) is 13.0. The molecule has 1 amide bonds. The van der Waals surface area contributed by atoms with Crippen molar-refractivity contribution in [2.75, 3.05) is 11.9 Å². The van der Waals surface area contributed by atoms with Gasteiger partial charge in [-0.15, -0.1) is 0 Å². The summed E-state index contributed by atoms with van der Waals surface area (Å²) in [5.74, 6) is 0.353. The van der Waals surface area contributed by atoms with Crippen LogP contribution in [0.1, 0.15) is 36.2 Å². The van der Waals surface area contributed by atoms with Gasteiger partial charge < -0.3 is 10.1 Å². The predicted octanol–water partition coefficient (Wildman–Crippen LogP) is 5.40. The molecule has 0 aliphatic heterocycles. The van der Waals surface area contributed by atoms with Crippen LogP contribution in [0, 0.1) is 0 Å². The molecule has 3 aromatic rings. The highest BCUT2D eigenvalue weighted by atomic mass is 79.9. The van der Waals surface area contributed by atoms with E-state index in [2.05, 4.69) is 38.1 Å². The largest absolute Gasteiger partial charge is 0.492 e. The molecule has 0 saturated heterocycles. The van der Waals surface area contributed by atoms with Crippen molar-refractivity contribution in [2.24, 2.45) is 0 Å². The summed E-state index contributed by atoms with van der Waals surface area (Å²) in [6.07, 6.45) is 1.48. The monoisotopic (exact) mass is 530 g/mol. The number of nitrogens with one attached hydrogen (secondary N) is 2. The number of hydrogen-bond donors (Lipinski definition) is 2. The summed E-state index contributed by atoms with van der Waals surface area (Å²) >= 11 is 3.47. The van der Waals surface area contributed by atoms with Gasteiger partial charge in [0.15, 0.2) is 0 Å². The highest BCUT2D eigenvalue weighted by molar-refractivity contribution is 9.10. The third-order valence-electron chi connectivity index (χ3n) is 5.08. The van der Waals surface area contributed by atoms with Gasteiger partial charge in [0.2, 0.25) is 10.0 Å². The summed E-state index contributed by atoms with van der Waals surface area (Å²) in [6.45, 7) is 4.24. The molecule has 1 atom stereocenters. The van der Waals surface area contributed by atoms with Crippen LogP contribution in [0.3, 0.4) is 0 Å². The summed E-state index contributed by atoms with van der Waals surface area (Å²) in [5.41, 5.74) is 2.15. The lowest BCUT2D eigenvalue weighted by Gasteiger charge is -2.13. The minimum Gasteiger partial charge on any atom is -0.492 e. The van der Waals surface area contributed by atoms with Crippen molar-refractivity contribution in [3.05, 3.63) is 88.4 Å². The zero-order valence-corrected chi connectivity index (χ0v) is 20.9. The smallest absolute Gasteiger partial charge is 0.255 e. The lowest BCUT2D eigenvalue weighted by atomic mass is 10.1. The molecule has 0 heterocycles. The van der Waals surface area contributed by atoms with E-state index in [4.69, 9.17) is 4.74 Å². The Morgan fingerprint density at radius 2 is 1.73 bits per heavy atom. The van der Waals surface area contributed by atoms with Gasteiger partial charge in [-0.3, -0.25) is 4.79 Å². The summed E-state index contributed by atoms with van der Waals surface area (Å²) in [5, 5.41) is 2.78. The number of anilines is 1. The average molecular weight is 531 g/mol. The predicted molar refractivity (Wildman–Crippen MR) is 134 cm³/mol. The maximum atomic E-state index is 12.6. The summed E-state index contributed by atoms with van der Waals surface area (Å²) in [4.78, 5) is 12.8. The van der Waals surface area contributed by atoms with E-state index in [0.717, 1.165) is 6.42 Å². The fourth-order valence-corrected chi connectivity index (χ4v) is 4.84. The molecule has 8 heteroatoms. The Morgan fingerprint density at radius 1 is 1.03 bits per heavy atom. The van der Waals surface area contributed by atoms with Gasteiger partial charge in [-0.1, -0.05) is 37.3 Å². The number of rotatable bonds is 10. The molecule has 0 spiro atoms. The van der Waals surface area contributed by atoms with Crippen LogP contribution in [0.2, 0.25) is 0 Å². The number of amides is 1. The molecule has 174 valence electrons. The molecule has 2 N–H and O–H groups in total. The molecular weight excluding hydrogens is 504 g/mol. The molecular formula is C25H27BrN2O4S. The van der Waals surface area contributed by atoms with Crippen molar-refractivity contribution < 1.29 is 17.9 Å². The van der Waals surface area contributed by atoms with Crippen LogP contribution in [0.4, 0.5) is 5.69 Å². The lowest BCUT2D eigenvalue weighted by molar-refractivity contribution is 0.102. The first-order valence-electron chi connectivity index (χ1n) is 10.7. The molecule has 0 bridgehead atoms. The second-order valence-corrected chi connectivity index (χ2v) is 10.2. The third-order valence-corrected chi connectivity index (χ3v) is 7.30. The van der Waals surface area contributed by atoms with E-state index in [1.54, 1.807) is 30.3 Å². The summed E-state index contributed by atoms with van der Waals surface area (Å²) < 4.78 is 33.9. The van der Waals surface area contributed by atoms with Crippen molar-refractivity contribution in [3.63, 3.8) is 0 Å². The molecule has 0 saturated carbocycles. The minimum atomic E-state index is -3.59. The van der Waals surface area contributed by atoms with Crippen molar-refractivity contribution in [3.8, 4) is 5.75 Å². The van der Waals surface area contributed by atoms with Crippen molar-refractivity contribution >= 4 is 37.5 Å². The van der Waals surface area contributed by atoms with Crippen molar-refractivity contribution in [2.45, 2.75) is 37.6 Å². The molecule has 6 nitrogen and oxygen atoms in total. The highest BCUT2D eigenvalue weighted by Gasteiger charge is 2.17. The Labute approximate surface area is 203 Å². The fraction of sp³-hybridized carbons (Fsp3) is 0.240. The maximum absolute atomic E-state index is 12.6. The first-order chi connectivity index (χ1) is 15.8. The van der Waals surface area contributed by atoms with Crippen molar-refractivity contribution in [1.82, 2.24) is 4.72 Å². The SMILES string of the molecule is CCC(C)NS(=O)(=O)c1ccc(NC(=O)c2ccc(OCCc3ccccc3)c(Br)c2)cc1. The van der Waals surface area contributed by atoms with Gasteiger partial charge in [-0.2, -0.15) is 0 Å². The normalized spacial score (nSPS) is 12.2. The van der Waals surface area contributed by atoms with Crippen molar-refractivity contribution in [1.29, 1.82) is 0 Å². The quantitative estimate of drug-likeness (QED) is 0.367. The molecule has 0 radical (unpaired) electrons. The van der Waals surface area contributed by atoms with E-state index in [1.807, 2.05) is 32.0 Å². The van der Waals surface area contributed by atoms with Crippen LogP contribution in [0.15, 0.2) is 82.2 Å². The minimum absolute atomic E-state index is 0.153. The number of halogens is 1. The van der Waals surface area contributed by atoms with Crippen LogP contribution in [-0.2, 0) is 16.4 Å². The number of carbonyl (C=O) groups excluding carboxylic acids is 1. The first kappa shape index (κ1) is 25.0. The molecule has 0 aromatic heterocycles. The Balaban J connectivity index is 1.59. The zero-order valence-electron chi connectivity index (χ0n) is 18.5. The lowest BCUT2D eigenvalue weighted by Crippen LogP contribution is -2.31. The number of hydrogen-bond acceptors (Lipinski definition) is 4. The van der Waals surface area contributed by atoms with Crippen LogP contribution < -0.4 is 14.8 Å². The Hall–Kier alpha value is -2.68. The standard InChI is InChI=1S/C25H27BrN2O4S/c1-3-18(2)28-33(30,31)22-12-10-21(11-13-22)27-25(29)20-9-14-24(23(26)17-20)32-16-15-19-7-5-4-6-8-19/h4-14,17-18,28H,3,15-16H2,1-2H3,(H,27,29). The van der Waals surface area contributed by atoms with Gasteiger partial charge in [0.25, 0.3) is 5.91 Å². The molecule has 0 fully saturated rings. The Morgan fingerprint density at radius 3 is 2.36 bits per heavy atom. The Kier molecular flexibility index (Phi) is 8.66. The molecule has 0 aliphatic rings. The topological polar surface area (TPSA) is 84.5 Å². The van der Waals surface area contributed by atoms with E-state index < -0.39 is 10.0 Å². The Bertz CT molecular complexity index is 1180. The highest BCUT2D eigenvalue weighted by Crippen LogP contribution is 2.27. The third kappa shape index (κ3) is 7.15. The number of carbonyl (C=O) groups is 1. The molecule has 33 heavy (non-hydrogen) atoms. The zero-order chi connectivity index (χ0) is 23.8. The van der Waals surface area contributed by atoms with Gasteiger partial charge in [0.1, 0.15) is 5.75 Å². The van der Waals surface area contributed by atoms with E-state index in [1.165, 1.54) is 17.7 Å². The second-order valence-electron chi connectivity index (χ2n) is 7.64. The molecule has 3 aromatic carbocycles. The van der Waals surface area contributed by atoms with Gasteiger partial charge in [-0.25, -0.2) is 13.1 Å². The van der Waals surface area contributed by atoms with E-state index in [-0.39, 0.29) is 16.8 Å². The van der Waals surface area contributed by atoms with Crippen LogP contribution in [0.5, 0.6) is 5.75 Å². The van der Waals surface area contributed by atoms with E-state index in [0.29, 0.717) is 34.5 Å². The number of ether oxygens (including phenoxy) is 1. The van der Waals surface area contributed by atoms with Crippen LogP contribution in [0.25, 0.3) is 0 Å². The average Bonchev–Trinajstić information content (AvgIpc) is 2.80. The van der Waals surface area contributed by atoms with E-state index in [9.17, 15) is 13.2 Å². The van der Waals surface area contributed by atoms with Gasteiger partial charge in [0.05, 0.1) is 16.0 Å².